The predicted molar refractivity (Wildman–Crippen MR) is 81.4 cm³/mol. The summed E-state index contributed by atoms with van der Waals surface area (Å²) in [6.45, 7) is 4.35. The van der Waals surface area contributed by atoms with Crippen molar-refractivity contribution in [2.75, 3.05) is 34.3 Å². The molecule has 0 bridgehead atoms. The fourth-order valence-corrected chi connectivity index (χ4v) is 3.17. The first-order chi connectivity index (χ1) is 9.52. The van der Waals surface area contributed by atoms with Crippen LogP contribution in [0.5, 0.6) is 11.5 Å². The molecule has 4 heteroatoms. The van der Waals surface area contributed by atoms with Crippen LogP contribution in [0.2, 0.25) is 0 Å². The maximum absolute atomic E-state index is 10.2. The van der Waals surface area contributed by atoms with Crippen LogP contribution < -0.4 is 4.74 Å². The van der Waals surface area contributed by atoms with E-state index in [-0.39, 0.29) is 6.04 Å². The van der Waals surface area contributed by atoms with Crippen molar-refractivity contribution in [3.63, 3.8) is 0 Å². The monoisotopic (exact) mass is 278 g/mol. The van der Waals surface area contributed by atoms with Gasteiger partial charge in [-0.1, -0.05) is 6.07 Å². The number of hydrogen-bond donors (Lipinski definition) is 1. The third-order valence-corrected chi connectivity index (χ3v) is 4.18. The second-order valence-corrected chi connectivity index (χ2v) is 5.90. The van der Waals surface area contributed by atoms with Crippen molar-refractivity contribution in [3.8, 4) is 11.5 Å². The molecule has 20 heavy (non-hydrogen) atoms. The standard InChI is InChI=1S/C16H26N2O2/c1-12(15-8-7-14(20-4)10-16(15)19)18-9-5-6-13(18)11-17(2)3/h7-8,10,12-13,19H,5-6,9,11H2,1-4H3. The minimum Gasteiger partial charge on any atom is -0.507 e. The number of hydrogen-bond acceptors (Lipinski definition) is 4. The number of nitrogens with zero attached hydrogens (tertiary/aromatic N) is 2. The molecule has 0 amide bonds. The quantitative estimate of drug-likeness (QED) is 0.897. The molecular formula is C16H26N2O2. The zero-order chi connectivity index (χ0) is 14.7. The number of phenolic OH excluding ortho intramolecular Hbond substituents is 1. The molecule has 1 aliphatic rings. The van der Waals surface area contributed by atoms with E-state index < -0.39 is 0 Å². The molecule has 1 N–H and O–H groups in total. The topological polar surface area (TPSA) is 35.9 Å². The van der Waals surface area contributed by atoms with Crippen molar-refractivity contribution in [2.45, 2.75) is 31.8 Å². The molecule has 0 saturated carbocycles. The van der Waals surface area contributed by atoms with Crippen LogP contribution in [0.3, 0.4) is 0 Å². The molecule has 2 unspecified atom stereocenters. The molecule has 4 nitrogen and oxygen atoms in total. The average Bonchev–Trinajstić information content (AvgIpc) is 2.85. The maximum atomic E-state index is 10.2. The highest BCUT2D eigenvalue weighted by Gasteiger charge is 2.30. The number of methoxy groups -OCH3 is 1. The molecule has 1 heterocycles. The Morgan fingerprint density at radius 2 is 2.20 bits per heavy atom. The van der Waals surface area contributed by atoms with Gasteiger partial charge in [0.05, 0.1) is 7.11 Å². The molecule has 1 fully saturated rings. The molecule has 1 aromatic rings. The summed E-state index contributed by atoms with van der Waals surface area (Å²) in [5.41, 5.74) is 0.983. The van der Waals surface area contributed by atoms with E-state index in [1.807, 2.05) is 12.1 Å². The predicted octanol–water partition coefficient (Wildman–Crippen LogP) is 2.49. The summed E-state index contributed by atoms with van der Waals surface area (Å²) in [6, 6.07) is 6.39. The number of aromatic hydroxyl groups is 1. The second kappa shape index (κ2) is 6.46. The van der Waals surface area contributed by atoms with Gasteiger partial charge in [-0.2, -0.15) is 0 Å². The van der Waals surface area contributed by atoms with E-state index in [1.165, 1.54) is 12.8 Å². The maximum Gasteiger partial charge on any atom is 0.124 e. The van der Waals surface area contributed by atoms with Gasteiger partial charge in [0.15, 0.2) is 0 Å². The molecule has 1 aromatic carbocycles. The van der Waals surface area contributed by atoms with Crippen LogP contribution in [-0.4, -0.2) is 55.2 Å². The Bertz CT molecular complexity index is 448. The van der Waals surface area contributed by atoms with Crippen molar-refractivity contribution in [3.05, 3.63) is 23.8 Å². The molecular weight excluding hydrogens is 252 g/mol. The summed E-state index contributed by atoms with van der Waals surface area (Å²) in [4.78, 5) is 4.74. The summed E-state index contributed by atoms with van der Waals surface area (Å²) in [7, 11) is 5.85. The Labute approximate surface area is 122 Å². The number of ether oxygens (including phenoxy) is 1. The van der Waals surface area contributed by atoms with E-state index in [4.69, 9.17) is 4.74 Å². The Kier molecular flexibility index (Phi) is 4.89. The summed E-state index contributed by atoms with van der Waals surface area (Å²) >= 11 is 0. The smallest absolute Gasteiger partial charge is 0.124 e. The van der Waals surface area contributed by atoms with Gasteiger partial charge in [-0.3, -0.25) is 4.90 Å². The molecule has 2 rings (SSSR count). The fraction of sp³-hybridized carbons (Fsp3) is 0.625. The lowest BCUT2D eigenvalue weighted by Gasteiger charge is -2.32. The first kappa shape index (κ1) is 15.1. The van der Waals surface area contributed by atoms with Crippen LogP contribution in [0.1, 0.15) is 31.4 Å². The molecule has 0 aromatic heterocycles. The number of likely N-dealkylation sites (tertiary alicyclic amines) is 1. The first-order valence-electron chi connectivity index (χ1n) is 7.30. The van der Waals surface area contributed by atoms with E-state index >= 15 is 0 Å². The van der Waals surface area contributed by atoms with Crippen molar-refractivity contribution >= 4 is 0 Å². The highest BCUT2D eigenvalue weighted by Crippen LogP contribution is 2.35. The number of phenols is 1. The lowest BCUT2D eigenvalue weighted by Crippen LogP contribution is -2.39. The lowest BCUT2D eigenvalue weighted by atomic mass is 10.0. The first-order valence-corrected chi connectivity index (χ1v) is 7.30. The second-order valence-electron chi connectivity index (χ2n) is 5.90. The summed E-state index contributed by atoms with van der Waals surface area (Å²) in [5.74, 6) is 1.03. The highest BCUT2D eigenvalue weighted by atomic mass is 16.5. The van der Waals surface area contributed by atoms with Gasteiger partial charge in [0.1, 0.15) is 11.5 Å². The Morgan fingerprint density at radius 3 is 2.80 bits per heavy atom. The summed E-state index contributed by atoms with van der Waals surface area (Å²) in [6.07, 6.45) is 2.47. The van der Waals surface area contributed by atoms with Crippen LogP contribution in [0.15, 0.2) is 18.2 Å². The number of rotatable bonds is 5. The van der Waals surface area contributed by atoms with Crippen molar-refractivity contribution in [1.82, 2.24) is 9.80 Å². The SMILES string of the molecule is COc1ccc(C(C)N2CCCC2CN(C)C)c(O)c1. The summed E-state index contributed by atoms with van der Waals surface area (Å²) < 4.78 is 5.15. The Morgan fingerprint density at radius 1 is 1.45 bits per heavy atom. The lowest BCUT2D eigenvalue weighted by molar-refractivity contribution is 0.160. The number of likely N-dealkylation sites (N-methyl/N-ethyl adjacent to an activating group) is 1. The van der Waals surface area contributed by atoms with E-state index in [9.17, 15) is 5.11 Å². The molecule has 2 atom stereocenters. The fourth-order valence-electron chi connectivity index (χ4n) is 3.17. The van der Waals surface area contributed by atoms with Gasteiger partial charge in [-0.05, 0) is 46.5 Å². The van der Waals surface area contributed by atoms with Crippen LogP contribution in [-0.2, 0) is 0 Å². The molecule has 1 saturated heterocycles. The van der Waals surface area contributed by atoms with Crippen LogP contribution in [0.25, 0.3) is 0 Å². The van der Waals surface area contributed by atoms with Gasteiger partial charge in [-0.15, -0.1) is 0 Å². The molecule has 0 radical (unpaired) electrons. The van der Waals surface area contributed by atoms with Crippen LogP contribution in [0, 0.1) is 0 Å². The van der Waals surface area contributed by atoms with Gasteiger partial charge in [0, 0.05) is 30.3 Å². The Balaban J connectivity index is 2.15. The third kappa shape index (κ3) is 3.25. The minimum atomic E-state index is 0.230. The van der Waals surface area contributed by atoms with Crippen LogP contribution >= 0.6 is 0 Å². The highest BCUT2D eigenvalue weighted by molar-refractivity contribution is 5.41. The van der Waals surface area contributed by atoms with Crippen molar-refractivity contribution in [2.24, 2.45) is 0 Å². The number of benzene rings is 1. The normalized spacial score (nSPS) is 21.4. The molecule has 1 aliphatic heterocycles. The average molecular weight is 278 g/mol. The van der Waals surface area contributed by atoms with Gasteiger partial charge in [-0.25, -0.2) is 0 Å². The van der Waals surface area contributed by atoms with E-state index in [0.29, 0.717) is 17.5 Å². The van der Waals surface area contributed by atoms with Gasteiger partial charge in [0.2, 0.25) is 0 Å². The largest absolute Gasteiger partial charge is 0.507 e. The van der Waals surface area contributed by atoms with Crippen LogP contribution in [0.4, 0.5) is 0 Å². The molecule has 0 spiro atoms. The van der Waals surface area contributed by atoms with Gasteiger partial charge < -0.3 is 14.7 Å². The zero-order valence-corrected chi connectivity index (χ0v) is 13.0. The molecule has 0 aliphatic carbocycles. The summed E-state index contributed by atoms with van der Waals surface area (Å²) in [5, 5.41) is 10.2. The van der Waals surface area contributed by atoms with Gasteiger partial charge in [0.25, 0.3) is 0 Å². The van der Waals surface area contributed by atoms with E-state index in [2.05, 4.69) is 30.8 Å². The van der Waals surface area contributed by atoms with Gasteiger partial charge >= 0.3 is 0 Å². The van der Waals surface area contributed by atoms with E-state index in [1.54, 1.807) is 13.2 Å². The zero-order valence-electron chi connectivity index (χ0n) is 13.0. The van der Waals surface area contributed by atoms with Crippen molar-refractivity contribution in [1.29, 1.82) is 0 Å². The third-order valence-electron chi connectivity index (χ3n) is 4.18. The molecule has 112 valence electrons. The van der Waals surface area contributed by atoms with Crippen molar-refractivity contribution < 1.29 is 9.84 Å². The van der Waals surface area contributed by atoms with E-state index in [0.717, 1.165) is 18.7 Å². The Hall–Kier alpha value is -1.26. The minimum absolute atomic E-state index is 0.230.